The van der Waals surface area contributed by atoms with Crippen LogP contribution in [0, 0.1) is 6.92 Å². The molecule has 0 bridgehead atoms. The van der Waals surface area contributed by atoms with Crippen LogP contribution in [0.1, 0.15) is 12.5 Å². The highest BCUT2D eigenvalue weighted by Crippen LogP contribution is 2.22. The summed E-state index contributed by atoms with van der Waals surface area (Å²) in [6.45, 7) is 7.24. The number of fused-ring (bicyclic) bond motifs is 1. The van der Waals surface area contributed by atoms with E-state index in [1.807, 2.05) is 13.0 Å². The molecule has 0 spiro atoms. The van der Waals surface area contributed by atoms with Gasteiger partial charge in [-0.25, -0.2) is 9.59 Å². The SMILES string of the molecule is C=C(C)C(=O)OCCOc1ccc2c(C)cc(=O)oc2c1. The summed E-state index contributed by atoms with van der Waals surface area (Å²) in [7, 11) is 0. The summed E-state index contributed by atoms with van der Waals surface area (Å²) in [5, 5.41) is 0.857. The fraction of sp³-hybridized carbons (Fsp3) is 0.250. The van der Waals surface area contributed by atoms with Crippen molar-refractivity contribution in [2.24, 2.45) is 0 Å². The monoisotopic (exact) mass is 288 g/mol. The van der Waals surface area contributed by atoms with Crippen LogP contribution in [-0.2, 0) is 9.53 Å². The number of carbonyl (C=O) groups is 1. The molecule has 5 nitrogen and oxygen atoms in total. The van der Waals surface area contributed by atoms with E-state index < -0.39 is 11.6 Å². The van der Waals surface area contributed by atoms with Crippen molar-refractivity contribution in [1.29, 1.82) is 0 Å². The lowest BCUT2D eigenvalue weighted by Crippen LogP contribution is -2.12. The average molecular weight is 288 g/mol. The van der Waals surface area contributed by atoms with Crippen LogP contribution in [0.25, 0.3) is 11.0 Å². The van der Waals surface area contributed by atoms with Crippen molar-refractivity contribution >= 4 is 16.9 Å². The first kappa shape index (κ1) is 14.8. The minimum atomic E-state index is -0.446. The summed E-state index contributed by atoms with van der Waals surface area (Å²) in [6, 6.07) is 6.68. The van der Waals surface area contributed by atoms with Gasteiger partial charge in [-0.3, -0.25) is 0 Å². The number of benzene rings is 1. The highest BCUT2D eigenvalue weighted by Gasteiger charge is 2.05. The Bertz CT molecular complexity index is 742. The lowest BCUT2D eigenvalue weighted by molar-refractivity contribution is -0.139. The molecule has 0 atom stereocenters. The minimum absolute atomic E-state index is 0.126. The molecule has 0 saturated heterocycles. The van der Waals surface area contributed by atoms with Gasteiger partial charge in [0.1, 0.15) is 24.5 Å². The molecule has 2 rings (SSSR count). The Kier molecular flexibility index (Phi) is 4.42. The number of rotatable bonds is 5. The van der Waals surface area contributed by atoms with Crippen LogP contribution in [0.2, 0.25) is 0 Å². The molecule has 0 aliphatic rings. The van der Waals surface area contributed by atoms with E-state index in [-0.39, 0.29) is 13.2 Å². The van der Waals surface area contributed by atoms with Crippen LogP contribution in [-0.4, -0.2) is 19.2 Å². The lowest BCUT2D eigenvalue weighted by Gasteiger charge is -2.08. The van der Waals surface area contributed by atoms with Crippen molar-refractivity contribution in [3.63, 3.8) is 0 Å². The van der Waals surface area contributed by atoms with E-state index in [0.29, 0.717) is 16.9 Å². The second kappa shape index (κ2) is 6.26. The molecule has 21 heavy (non-hydrogen) atoms. The molecule has 1 heterocycles. The molecule has 1 aromatic heterocycles. The predicted molar refractivity (Wildman–Crippen MR) is 78.5 cm³/mol. The van der Waals surface area contributed by atoms with E-state index in [4.69, 9.17) is 13.9 Å². The van der Waals surface area contributed by atoms with Crippen LogP contribution < -0.4 is 10.4 Å². The Hall–Kier alpha value is -2.56. The third kappa shape index (κ3) is 3.72. The number of hydrogen-bond acceptors (Lipinski definition) is 5. The van der Waals surface area contributed by atoms with Gasteiger partial charge in [0.05, 0.1) is 0 Å². The van der Waals surface area contributed by atoms with Crippen molar-refractivity contribution in [3.05, 3.63) is 52.4 Å². The molecule has 0 saturated carbocycles. The maximum atomic E-state index is 11.3. The zero-order valence-corrected chi connectivity index (χ0v) is 12.0. The van der Waals surface area contributed by atoms with Gasteiger partial charge in [-0.05, 0) is 31.5 Å². The zero-order chi connectivity index (χ0) is 15.4. The van der Waals surface area contributed by atoms with Gasteiger partial charge in [0.15, 0.2) is 0 Å². The van der Waals surface area contributed by atoms with Gasteiger partial charge < -0.3 is 13.9 Å². The summed E-state index contributed by atoms with van der Waals surface area (Å²) in [5.74, 6) is 0.0985. The Balaban J connectivity index is 2.02. The van der Waals surface area contributed by atoms with Crippen molar-refractivity contribution in [2.75, 3.05) is 13.2 Å². The number of aryl methyl sites for hydroxylation is 1. The van der Waals surface area contributed by atoms with E-state index in [2.05, 4.69) is 6.58 Å². The van der Waals surface area contributed by atoms with Crippen molar-refractivity contribution in [3.8, 4) is 5.75 Å². The molecule has 0 aliphatic heterocycles. The molecule has 0 amide bonds. The fourth-order valence-electron chi connectivity index (χ4n) is 1.81. The molecule has 0 aliphatic carbocycles. The van der Waals surface area contributed by atoms with Gasteiger partial charge in [0, 0.05) is 23.1 Å². The summed E-state index contributed by atoms with van der Waals surface area (Å²) in [6.07, 6.45) is 0. The molecule has 5 heteroatoms. The average Bonchev–Trinajstić information content (AvgIpc) is 2.42. The van der Waals surface area contributed by atoms with Gasteiger partial charge >= 0.3 is 11.6 Å². The third-order valence-electron chi connectivity index (χ3n) is 2.86. The largest absolute Gasteiger partial charge is 0.490 e. The fourth-order valence-corrected chi connectivity index (χ4v) is 1.81. The molecule has 2 aromatic rings. The lowest BCUT2D eigenvalue weighted by atomic mass is 10.1. The van der Waals surface area contributed by atoms with Crippen molar-refractivity contribution in [2.45, 2.75) is 13.8 Å². The Morgan fingerprint density at radius 2 is 2.05 bits per heavy atom. The smallest absolute Gasteiger partial charge is 0.336 e. The van der Waals surface area contributed by atoms with E-state index in [0.717, 1.165) is 10.9 Å². The molecule has 0 unspecified atom stereocenters. The molecule has 110 valence electrons. The zero-order valence-electron chi connectivity index (χ0n) is 12.0. The number of ether oxygens (including phenoxy) is 2. The number of carbonyl (C=O) groups excluding carboxylic acids is 1. The maximum Gasteiger partial charge on any atom is 0.336 e. The quantitative estimate of drug-likeness (QED) is 0.366. The van der Waals surface area contributed by atoms with E-state index in [1.165, 1.54) is 6.07 Å². The second-order valence-corrected chi connectivity index (χ2v) is 4.67. The first-order valence-electron chi connectivity index (χ1n) is 6.47. The van der Waals surface area contributed by atoms with E-state index in [9.17, 15) is 9.59 Å². The molecular formula is C16H16O5. The van der Waals surface area contributed by atoms with Crippen LogP contribution in [0.4, 0.5) is 0 Å². The van der Waals surface area contributed by atoms with Crippen molar-refractivity contribution < 1.29 is 18.7 Å². The topological polar surface area (TPSA) is 65.7 Å². The standard InChI is InChI=1S/C16H16O5/c1-10(2)16(18)20-7-6-19-12-4-5-13-11(3)8-15(17)21-14(13)9-12/h4-5,8-9H,1,6-7H2,2-3H3. The van der Waals surface area contributed by atoms with E-state index in [1.54, 1.807) is 19.1 Å². The molecular weight excluding hydrogens is 272 g/mol. The summed E-state index contributed by atoms with van der Waals surface area (Å²) >= 11 is 0. The van der Waals surface area contributed by atoms with Crippen LogP contribution in [0.3, 0.4) is 0 Å². The molecule has 0 N–H and O–H groups in total. The summed E-state index contributed by atoms with van der Waals surface area (Å²) in [4.78, 5) is 22.5. The van der Waals surface area contributed by atoms with Gasteiger partial charge in [-0.2, -0.15) is 0 Å². The van der Waals surface area contributed by atoms with Crippen LogP contribution in [0.15, 0.2) is 45.6 Å². The van der Waals surface area contributed by atoms with E-state index >= 15 is 0 Å². The Labute approximate surface area is 121 Å². The minimum Gasteiger partial charge on any atom is -0.490 e. The normalized spacial score (nSPS) is 10.4. The maximum absolute atomic E-state index is 11.3. The van der Waals surface area contributed by atoms with Gasteiger partial charge in [0.2, 0.25) is 0 Å². The first-order chi connectivity index (χ1) is 9.97. The Morgan fingerprint density at radius 1 is 1.29 bits per heavy atom. The molecule has 0 radical (unpaired) electrons. The molecule has 1 aromatic carbocycles. The van der Waals surface area contributed by atoms with Crippen LogP contribution in [0.5, 0.6) is 5.75 Å². The second-order valence-electron chi connectivity index (χ2n) is 4.67. The van der Waals surface area contributed by atoms with Crippen molar-refractivity contribution in [1.82, 2.24) is 0 Å². The van der Waals surface area contributed by atoms with Gasteiger partial charge in [-0.15, -0.1) is 0 Å². The third-order valence-corrected chi connectivity index (χ3v) is 2.86. The number of hydrogen-bond donors (Lipinski definition) is 0. The van der Waals surface area contributed by atoms with Crippen LogP contribution >= 0.6 is 0 Å². The highest BCUT2D eigenvalue weighted by atomic mass is 16.6. The highest BCUT2D eigenvalue weighted by molar-refractivity contribution is 5.86. The Morgan fingerprint density at radius 3 is 2.76 bits per heavy atom. The summed E-state index contributed by atoms with van der Waals surface area (Å²) < 4.78 is 15.5. The molecule has 0 fully saturated rings. The van der Waals surface area contributed by atoms with Gasteiger partial charge in [0.25, 0.3) is 0 Å². The number of esters is 1. The first-order valence-corrected chi connectivity index (χ1v) is 6.47. The summed E-state index contributed by atoms with van der Waals surface area (Å²) in [5.41, 5.74) is 1.27. The van der Waals surface area contributed by atoms with Gasteiger partial charge in [-0.1, -0.05) is 6.58 Å². The predicted octanol–water partition coefficient (Wildman–Crippen LogP) is 2.60.